The summed E-state index contributed by atoms with van der Waals surface area (Å²) in [6.07, 6.45) is 10.5. The van der Waals surface area contributed by atoms with Crippen LogP contribution in [-0.2, 0) is 0 Å². The monoisotopic (exact) mass is 221 g/mol. The molecule has 0 aliphatic heterocycles. The van der Waals surface area contributed by atoms with Gasteiger partial charge >= 0.3 is 0 Å². The van der Waals surface area contributed by atoms with Gasteiger partial charge in [0.15, 0.2) is 0 Å². The molecule has 1 atom stereocenters. The Morgan fingerprint density at radius 2 is 1.56 bits per heavy atom. The molecular weight excluding hydrogens is 194 g/mol. The van der Waals surface area contributed by atoms with Crippen molar-refractivity contribution < 1.29 is 0 Å². The van der Waals surface area contributed by atoms with E-state index in [2.05, 4.69) is 19.2 Å². The first kappa shape index (κ1) is 11.1. The molecule has 0 spiro atoms. The van der Waals surface area contributed by atoms with Crippen LogP contribution in [0.2, 0.25) is 0 Å². The molecule has 0 aromatic rings. The summed E-state index contributed by atoms with van der Waals surface area (Å²) in [7, 11) is 0. The molecule has 16 heavy (non-hydrogen) atoms. The van der Waals surface area contributed by atoms with Crippen molar-refractivity contribution in [2.75, 3.05) is 6.54 Å². The smallest absolute Gasteiger partial charge is 0.0189 e. The van der Waals surface area contributed by atoms with Gasteiger partial charge < -0.3 is 5.32 Å². The Hall–Kier alpha value is -0.0400. The van der Waals surface area contributed by atoms with Gasteiger partial charge in [0, 0.05) is 5.54 Å². The van der Waals surface area contributed by atoms with E-state index >= 15 is 0 Å². The zero-order valence-corrected chi connectivity index (χ0v) is 11.0. The second-order valence-electron chi connectivity index (χ2n) is 7.09. The van der Waals surface area contributed by atoms with Crippen molar-refractivity contribution in [3.8, 4) is 0 Å². The number of nitrogens with one attached hydrogen (secondary N) is 1. The first-order chi connectivity index (χ1) is 7.69. The number of hydrogen-bond acceptors (Lipinski definition) is 1. The standard InChI is InChI=1S/C15H27N/c1-3-11(2)10-16-15-7-12-4-13(8-15)6-14(5-12)9-15/h11-14,16H,3-10H2,1-2H3. The maximum absolute atomic E-state index is 3.98. The van der Waals surface area contributed by atoms with Crippen LogP contribution in [0.1, 0.15) is 58.8 Å². The fraction of sp³-hybridized carbons (Fsp3) is 1.00. The van der Waals surface area contributed by atoms with Crippen LogP contribution in [0.15, 0.2) is 0 Å². The van der Waals surface area contributed by atoms with E-state index < -0.39 is 0 Å². The van der Waals surface area contributed by atoms with Gasteiger partial charge in [-0.1, -0.05) is 20.3 Å². The van der Waals surface area contributed by atoms with Gasteiger partial charge in [-0.2, -0.15) is 0 Å². The Labute approximate surface area is 100 Å². The first-order valence-electron chi connectivity index (χ1n) is 7.44. The van der Waals surface area contributed by atoms with E-state index in [4.69, 9.17) is 0 Å². The molecule has 4 saturated carbocycles. The zero-order valence-electron chi connectivity index (χ0n) is 11.0. The third kappa shape index (κ3) is 1.92. The van der Waals surface area contributed by atoms with Crippen LogP contribution in [0.3, 0.4) is 0 Å². The number of rotatable bonds is 4. The molecule has 4 aliphatic rings. The lowest BCUT2D eigenvalue weighted by Gasteiger charge is -2.57. The van der Waals surface area contributed by atoms with Gasteiger partial charge in [0.25, 0.3) is 0 Å². The van der Waals surface area contributed by atoms with Crippen molar-refractivity contribution in [1.82, 2.24) is 5.32 Å². The Balaban J connectivity index is 1.64. The summed E-state index contributed by atoms with van der Waals surface area (Å²) >= 11 is 0. The quantitative estimate of drug-likeness (QED) is 0.765. The Bertz CT molecular complexity index is 223. The highest BCUT2D eigenvalue weighted by molar-refractivity contribution is 5.06. The highest BCUT2D eigenvalue weighted by atomic mass is 15.0. The Morgan fingerprint density at radius 1 is 1.06 bits per heavy atom. The molecule has 4 fully saturated rings. The van der Waals surface area contributed by atoms with Gasteiger partial charge in [0.2, 0.25) is 0 Å². The molecular formula is C15H27N. The second-order valence-corrected chi connectivity index (χ2v) is 7.09. The fourth-order valence-electron chi connectivity index (χ4n) is 4.86. The molecule has 1 N–H and O–H groups in total. The van der Waals surface area contributed by atoms with E-state index in [0.29, 0.717) is 5.54 Å². The molecule has 1 nitrogen and oxygen atoms in total. The molecule has 0 aromatic heterocycles. The van der Waals surface area contributed by atoms with Crippen molar-refractivity contribution in [2.24, 2.45) is 23.7 Å². The summed E-state index contributed by atoms with van der Waals surface area (Å²) in [6.45, 7) is 5.95. The first-order valence-corrected chi connectivity index (χ1v) is 7.44. The van der Waals surface area contributed by atoms with Crippen LogP contribution < -0.4 is 5.32 Å². The Morgan fingerprint density at radius 3 is 2.00 bits per heavy atom. The van der Waals surface area contributed by atoms with Crippen molar-refractivity contribution in [3.05, 3.63) is 0 Å². The normalized spacial score (nSPS) is 47.2. The number of hydrogen-bond donors (Lipinski definition) is 1. The largest absolute Gasteiger partial charge is 0.311 e. The minimum absolute atomic E-state index is 0.582. The van der Waals surface area contributed by atoms with Crippen molar-refractivity contribution in [1.29, 1.82) is 0 Å². The van der Waals surface area contributed by atoms with Crippen LogP contribution in [0.25, 0.3) is 0 Å². The third-order valence-corrected chi connectivity index (χ3v) is 5.56. The van der Waals surface area contributed by atoms with Crippen LogP contribution in [0, 0.1) is 23.7 Å². The maximum atomic E-state index is 3.98. The van der Waals surface area contributed by atoms with E-state index in [1.165, 1.54) is 32.2 Å². The molecule has 4 aliphatic carbocycles. The maximum Gasteiger partial charge on any atom is 0.0189 e. The summed E-state index contributed by atoms with van der Waals surface area (Å²) in [5, 5.41) is 3.98. The van der Waals surface area contributed by atoms with Crippen LogP contribution >= 0.6 is 0 Å². The molecule has 4 rings (SSSR count). The van der Waals surface area contributed by atoms with Crippen LogP contribution in [0.4, 0.5) is 0 Å². The predicted octanol–water partition coefficient (Wildman–Crippen LogP) is 3.59. The average molecular weight is 221 g/mol. The van der Waals surface area contributed by atoms with Crippen LogP contribution in [0.5, 0.6) is 0 Å². The van der Waals surface area contributed by atoms with Gasteiger partial charge in [-0.15, -0.1) is 0 Å². The van der Waals surface area contributed by atoms with Crippen LogP contribution in [-0.4, -0.2) is 12.1 Å². The van der Waals surface area contributed by atoms with E-state index in [9.17, 15) is 0 Å². The molecule has 0 saturated heterocycles. The van der Waals surface area contributed by atoms with E-state index in [1.54, 1.807) is 19.3 Å². The van der Waals surface area contributed by atoms with Gasteiger partial charge in [0.1, 0.15) is 0 Å². The fourth-order valence-corrected chi connectivity index (χ4v) is 4.86. The van der Waals surface area contributed by atoms with Gasteiger partial charge in [-0.3, -0.25) is 0 Å². The molecule has 1 unspecified atom stereocenters. The zero-order chi connectivity index (χ0) is 11.2. The molecule has 0 amide bonds. The summed E-state index contributed by atoms with van der Waals surface area (Å²) in [5.74, 6) is 4.09. The van der Waals surface area contributed by atoms with E-state index in [1.807, 2.05) is 0 Å². The molecule has 1 heteroatoms. The second kappa shape index (κ2) is 4.01. The molecule has 92 valence electrons. The van der Waals surface area contributed by atoms with E-state index in [0.717, 1.165) is 23.7 Å². The van der Waals surface area contributed by atoms with E-state index in [-0.39, 0.29) is 0 Å². The highest BCUT2D eigenvalue weighted by Crippen LogP contribution is 2.55. The SMILES string of the molecule is CCC(C)CNC12CC3CC(CC(C3)C1)C2. The molecule has 0 aromatic carbocycles. The summed E-state index contributed by atoms with van der Waals surface area (Å²) in [4.78, 5) is 0. The summed E-state index contributed by atoms with van der Waals surface area (Å²) in [6, 6.07) is 0. The molecule has 0 heterocycles. The predicted molar refractivity (Wildman–Crippen MR) is 68.4 cm³/mol. The summed E-state index contributed by atoms with van der Waals surface area (Å²) in [5.41, 5.74) is 0.582. The van der Waals surface area contributed by atoms with Gasteiger partial charge in [-0.25, -0.2) is 0 Å². The lowest BCUT2D eigenvalue weighted by molar-refractivity contribution is -0.0210. The van der Waals surface area contributed by atoms with Gasteiger partial charge in [-0.05, 0) is 68.7 Å². The van der Waals surface area contributed by atoms with Crippen molar-refractivity contribution in [3.63, 3.8) is 0 Å². The summed E-state index contributed by atoms with van der Waals surface area (Å²) < 4.78 is 0. The van der Waals surface area contributed by atoms with Gasteiger partial charge in [0.05, 0.1) is 0 Å². The average Bonchev–Trinajstić information content (AvgIpc) is 2.24. The lowest BCUT2D eigenvalue weighted by Crippen LogP contribution is -2.59. The minimum Gasteiger partial charge on any atom is -0.311 e. The lowest BCUT2D eigenvalue weighted by atomic mass is 9.53. The Kier molecular flexibility index (Phi) is 2.78. The highest BCUT2D eigenvalue weighted by Gasteiger charge is 2.50. The van der Waals surface area contributed by atoms with Crippen molar-refractivity contribution >= 4 is 0 Å². The third-order valence-electron chi connectivity index (χ3n) is 5.56. The molecule has 0 radical (unpaired) electrons. The van der Waals surface area contributed by atoms with Crippen molar-refractivity contribution in [2.45, 2.75) is 64.3 Å². The minimum atomic E-state index is 0.582. The molecule has 4 bridgehead atoms. The topological polar surface area (TPSA) is 12.0 Å².